The highest BCUT2D eigenvalue weighted by Gasteiger charge is 2.21. The third kappa shape index (κ3) is 2.62. The summed E-state index contributed by atoms with van der Waals surface area (Å²) < 4.78 is 0. The summed E-state index contributed by atoms with van der Waals surface area (Å²) in [4.78, 5) is 8.23. The number of thiazole rings is 1. The lowest BCUT2D eigenvalue weighted by Crippen LogP contribution is -2.32. The number of likely N-dealkylation sites (tertiary alicyclic amines) is 1. The summed E-state index contributed by atoms with van der Waals surface area (Å²) in [5, 5.41) is 8.30. The predicted molar refractivity (Wildman–Crippen MR) is 72.7 cm³/mol. The van der Waals surface area contributed by atoms with Crippen molar-refractivity contribution in [1.29, 1.82) is 0 Å². The molecule has 0 bridgehead atoms. The summed E-state index contributed by atoms with van der Waals surface area (Å²) in [7, 11) is 0. The van der Waals surface area contributed by atoms with E-state index in [0.29, 0.717) is 5.92 Å². The molecule has 18 heavy (non-hydrogen) atoms. The van der Waals surface area contributed by atoms with Crippen LogP contribution in [-0.2, 0) is 6.54 Å². The summed E-state index contributed by atoms with van der Waals surface area (Å²) in [6, 6.07) is 2.10. The first-order chi connectivity index (χ1) is 8.81. The first-order valence-corrected chi connectivity index (χ1v) is 7.26. The van der Waals surface area contributed by atoms with Crippen molar-refractivity contribution < 1.29 is 0 Å². The molecule has 2 aromatic rings. The zero-order valence-corrected chi connectivity index (χ0v) is 11.4. The minimum atomic E-state index is 0.659. The van der Waals surface area contributed by atoms with Crippen LogP contribution in [0.3, 0.4) is 0 Å². The molecule has 0 aromatic carbocycles. The number of aromatic amines is 1. The molecule has 1 N–H and O–H groups in total. The molecule has 1 fully saturated rings. The molecular weight excluding hydrogens is 244 g/mol. The molecule has 1 aliphatic heterocycles. The van der Waals surface area contributed by atoms with Gasteiger partial charge in [0.15, 0.2) is 0 Å². The number of nitrogens with zero attached hydrogens (tertiary/aromatic N) is 3. The molecule has 1 saturated heterocycles. The fourth-order valence-corrected chi connectivity index (χ4v) is 3.43. The summed E-state index contributed by atoms with van der Waals surface area (Å²) >= 11 is 1.81. The van der Waals surface area contributed by atoms with Crippen LogP contribution in [0.5, 0.6) is 0 Å². The van der Waals surface area contributed by atoms with Gasteiger partial charge in [-0.05, 0) is 38.9 Å². The minimum Gasteiger partial charge on any atom is -0.298 e. The normalized spacial score (nSPS) is 18.3. The number of hydrogen-bond acceptors (Lipinski definition) is 4. The van der Waals surface area contributed by atoms with Gasteiger partial charge in [0.05, 0.1) is 5.01 Å². The van der Waals surface area contributed by atoms with Gasteiger partial charge in [-0.1, -0.05) is 0 Å². The number of aromatic nitrogens is 3. The number of rotatable bonds is 3. The summed E-state index contributed by atoms with van der Waals surface area (Å²) in [5.74, 6) is 0.659. The molecule has 1 aliphatic rings. The number of piperidine rings is 1. The van der Waals surface area contributed by atoms with Gasteiger partial charge in [-0.2, -0.15) is 5.10 Å². The average Bonchev–Trinajstić information content (AvgIpc) is 3.02. The van der Waals surface area contributed by atoms with Crippen molar-refractivity contribution in [2.45, 2.75) is 32.2 Å². The topological polar surface area (TPSA) is 44.8 Å². The van der Waals surface area contributed by atoms with Crippen LogP contribution in [-0.4, -0.2) is 33.2 Å². The van der Waals surface area contributed by atoms with Crippen molar-refractivity contribution in [3.8, 4) is 0 Å². The molecule has 4 nitrogen and oxygen atoms in total. The van der Waals surface area contributed by atoms with Crippen LogP contribution in [0, 0.1) is 6.92 Å². The van der Waals surface area contributed by atoms with Crippen molar-refractivity contribution in [2.24, 2.45) is 0 Å². The lowest BCUT2D eigenvalue weighted by molar-refractivity contribution is 0.205. The van der Waals surface area contributed by atoms with Gasteiger partial charge >= 0.3 is 0 Å². The van der Waals surface area contributed by atoms with Crippen molar-refractivity contribution in [3.63, 3.8) is 0 Å². The van der Waals surface area contributed by atoms with Gasteiger partial charge in [-0.25, -0.2) is 4.98 Å². The van der Waals surface area contributed by atoms with E-state index in [1.807, 2.05) is 23.7 Å². The summed E-state index contributed by atoms with van der Waals surface area (Å²) in [6.07, 6.45) is 6.31. The second-order valence-electron chi connectivity index (χ2n) is 4.91. The number of aryl methyl sites for hydroxylation is 1. The maximum absolute atomic E-state index is 4.32. The molecule has 0 amide bonds. The summed E-state index contributed by atoms with van der Waals surface area (Å²) in [5.41, 5.74) is 1.29. The maximum Gasteiger partial charge on any atom is 0.0897 e. The van der Waals surface area contributed by atoms with E-state index in [9.17, 15) is 0 Å². The Morgan fingerprint density at radius 1 is 1.44 bits per heavy atom. The standard InChI is InChI=1S/C13H18N4S/c1-10-14-8-12(18-10)9-17-6-3-11(4-7-17)13-2-5-15-16-13/h2,5,8,11H,3-4,6-7,9H2,1H3,(H,15,16). The van der Waals surface area contributed by atoms with Gasteiger partial charge in [0.2, 0.25) is 0 Å². The highest BCUT2D eigenvalue weighted by molar-refractivity contribution is 7.11. The Morgan fingerprint density at radius 3 is 2.89 bits per heavy atom. The molecular formula is C13H18N4S. The largest absolute Gasteiger partial charge is 0.298 e. The quantitative estimate of drug-likeness (QED) is 0.924. The van der Waals surface area contributed by atoms with E-state index in [2.05, 4.69) is 33.1 Å². The average molecular weight is 262 g/mol. The molecule has 96 valence electrons. The van der Waals surface area contributed by atoms with E-state index < -0.39 is 0 Å². The summed E-state index contributed by atoms with van der Waals surface area (Å²) in [6.45, 7) is 5.46. The van der Waals surface area contributed by atoms with E-state index in [0.717, 1.165) is 11.6 Å². The van der Waals surface area contributed by atoms with Crippen molar-refractivity contribution in [3.05, 3.63) is 34.0 Å². The maximum atomic E-state index is 4.32. The van der Waals surface area contributed by atoms with Crippen LogP contribution in [0.25, 0.3) is 0 Å². The SMILES string of the molecule is Cc1ncc(CN2CCC(c3ccn[nH]3)CC2)s1. The number of H-pyrrole nitrogens is 1. The van der Waals surface area contributed by atoms with Gasteiger partial charge in [0.1, 0.15) is 0 Å². The van der Waals surface area contributed by atoms with Crippen molar-refractivity contribution in [2.75, 3.05) is 13.1 Å². The van der Waals surface area contributed by atoms with Crippen LogP contribution in [0.15, 0.2) is 18.5 Å². The Morgan fingerprint density at radius 2 is 2.28 bits per heavy atom. The Hall–Kier alpha value is -1.20. The molecule has 0 atom stereocenters. The third-order valence-corrected chi connectivity index (χ3v) is 4.50. The monoisotopic (exact) mass is 262 g/mol. The fraction of sp³-hybridized carbons (Fsp3) is 0.538. The van der Waals surface area contributed by atoms with Gasteiger partial charge in [-0.3, -0.25) is 10.00 Å². The van der Waals surface area contributed by atoms with Crippen LogP contribution < -0.4 is 0 Å². The number of hydrogen-bond donors (Lipinski definition) is 1. The second-order valence-corrected chi connectivity index (χ2v) is 6.23. The lowest BCUT2D eigenvalue weighted by atomic mass is 9.94. The molecule has 0 aliphatic carbocycles. The molecule has 0 saturated carbocycles. The second kappa shape index (κ2) is 5.20. The third-order valence-electron chi connectivity index (χ3n) is 3.60. The van der Waals surface area contributed by atoms with E-state index in [4.69, 9.17) is 0 Å². The van der Waals surface area contributed by atoms with Gasteiger partial charge in [0.25, 0.3) is 0 Å². The highest BCUT2D eigenvalue weighted by Crippen LogP contribution is 2.27. The Kier molecular flexibility index (Phi) is 3.43. The number of nitrogens with one attached hydrogen (secondary N) is 1. The lowest BCUT2D eigenvalue weighted by Gasteiger charge is -2.30. The molecule has 0 radical (unpaired) electrons. The first-order valence-electron chi connectivity index (χ1n) is 6.44. The van der Waals surface area contributed by atoms with Crippen LogP contribution in [0.1, 0.15) is 34.3 Å². The van der Waals surface area contributed by atoms with Gasteiger partial charge in [0, 0.05) is 35.4 Å². The van der Waals surface area contributed by atoms with Crippen molar-refractivity contribution in [1.82, 2.24) is 20.1 Å². The minimum absolute atomic E-state index is 0.659. The Labute approximate surface area is 111 Å². The fourth-order valence-electron chi connectivity index (χ4n) is 2.59. The van der Waals surface area contributed by atoms with Gasteiger partial charge in [-0.15, -0.1) is 11.3 Å². The molecule has 3 rings (SSSR count). The Bertz CT molecular complexity index is 483. The Balaban J connectivity index is 1.54. The van der Waals surface area contributed by atoms with E-state index in [-0.39, 0.29) is 0 Å². The van der Waals surface area contributed by atoms with Crippen LogP contribution >= 0.6 is 11.3 Å². The van der Waals surface area contributed by atoms with E-state index in [1.54, 1.807) is 0 Å². The molecule has 2 aromatic heterocycles. The van der Waals surface area contributed by atoms with Crippen LogP contribution in [0.4, 0.5) is 0 Å². The smallest absolute Gasteiger partial charge is 0.0897 e. The highest BCUT2D eigenvalue weighted by atomic mass is 32.1. The van der Waals surface area contributed by atoms with E-state index in [1.165, 1.54) is 36.5 Å². The molecule has 0 spiro atoms. The predicted octanol–water partition coefficient (Wildman–Crippen LogP) is 2.55. The van der Waals surface area contributed by atoms with E-state index >= 15 is 0 Å². The zero-order chi connectivity index (χ0) is 12.4. The zero-order valence-electron chi connectivity index (χ0n) is 10.6. The van der Waals surface area contributed by atoms with Gasteiger partial charge < -0.3 is 0 Å². The molecule has 0 unspecified atom stereocenters. The first kappa shape index (κ1) is 11.9. The van der Waals surface area contributed by atoms with Crippen molar-refractivity contribution >= 4 is 11.3 Å². The van der Waals surface area contributed by atoms with Crippen LogP contribution in [0.2, 0.25) is 0 Å². The molecule has 5 heteroatoms. The molecule has 3 heterocycles.